The standard InChI is InChI=1S/C14H11N3OS/c1-8-12(7-15)19-14(16-8)9-3-4-11-10(5-9)6-13(18)17(11)2/h3-5H,6H2,1-2H3. The molecule has 0 atom stereocenters. The number of carbonyl (C=O) groups is 1. The van der Waals surface area contributed by atoms with Gasteiger partial charge in [0.2, 0.25) is 5.91 Å². The van der Waals surface area contributed by atoms with E-state index < -0.39 is 0 Å². The molecule has 1 aromatic heterocycles. The monoisotopic (exact) mass is 269 g/mol. The normalized spacial score (nSPS) is 13.5. The molecular formula is C14H11N3OS. The topological polar surface area (TPSA) is 57.0 Å². The van der Waals surface area contributed by atoms with Gasteiger partial charge in [0.05, 0.1) is 12.1 Å². The molecule has 2 aromatic rings. The van der Waals surface area contributed by atoms with Crippen molar-refractivity contribution in [2.24, 2.45) is 0 Å². The first kappa shape index (κ1) is 11.9. The lowest BCUT2D eigenvalue weighted by Crippen LogP contribution is -2.20. The van der Waals surface area contributed by atoms with Gasteiger partial charge in [-0.3, -0.25) is 4.79 Å². The van der Waals surface area contributed by atoms with Crippen LogP contribution in [0.1, 0.15) is 16.1 Å². The lowest BCUT2D eigenvalue weighted by molar-refractivity contribution is -0.117. The van der Waals surface area contributed by atoms with Gasteiger partial charge >= 0.3 is 0 Å². The lowest BCUT2D eigenvalue weighted by atomic mass is 10.1. The molecule has 1 aromatic carbocycles. The molecular weight excluding hydrogens is 258 g/mol. The highest BCUT2D eigenvalue weighted by Gasteiger charge is 2.24. The molecule has 4 nitrogen and oxygen atoms in total. The van der Waals surface area contributed by atoms with Crippen molar-refractivity contribution in [2.45, 2.75) is 13.3 Å². The maximum atomic E-state index is 11.7. The van der Waals surface area contributed by atoms with E-state index in [4.69, 9.17) is 5.26 Å². The Bertz CT molecular complexity index is 727. The quantitative estimate of drug-likeness (QED) is 0.799. The summed E-state index contributed by atoms with van der Waals surface area (Å²) in [7, 11) is 1.79. The summed E-state index contributed by atoms with van der Waals surface area (Å²) in [5, 5.41) is 9.80. The van der Waals surface area contributed by atoms with Crippen molar-refractivity contribution in [3.05, 3.63) is 34.3 Å². The Balaban J connectivity index is 2.06. The second kappa shape index (κ2) is 4.18. The van der Waals surface area contributed by atoms with Gasteiger partial charge in [-0.2, -0.15) is 5.26 Å². The molecule has 0 fully saturated rings. The number of benzene rings is 1. The summed E-state index contributed by atoms with van der Waals surface area (Å²) in [5.74, 6) is 0.111. The molecule has 5 heteroatoms. The molecule has 3 rings (SSSR count). The predicted molar refractivity (Wildman–Crippen MR) is 74.1 cm³/mol. The van der Waals surface area contributed by atoms with Crippen LogP contribution in [0, 0.1) is 18.3 Å². The molecule has 0 aliphatic carbocycles. The number of carbonyl (C=O) groups excluding carboxylic acids is 1. The van der Waals surface area contributed by atoms with Crippen molar-refractivity contribution >= 4 is 22.9 Å². The van der Waals surface area contributed by atoms with Gasteiger partial charge in [0, 0.05) is 18.3 Å². The van der Waals surface area contributed by atoms with Gasteiger partial charge in [-0.25, -0.2) is 4.98 Å². The van der Waals surface area contributed by atoms with E-state index in [2.05, 4.69) is 11.1 Å². The summed E-state index contributed by atoms with van der Waals surface area (Å²) in [4.78, 5) is 18.4. The van der Waals surface area contributed by atoms with Gasteiger partial charge in [0.1, 0.15) is 16.0 Å². The number of anilines is 1. The summed E-state index contributed by atoms with van der Waals surface area (Å²) in [6.07, 6.45) is 0.440. The van der Waals surface area contributed by atoms with Crippen LogP contribution in [0.25, 0.3) is 10.6 Å². The van der Waals surface area contributed by atoms with Crippen molar-refractivity contribution in [2.75, 3.05) is 11.9 Å². The molecule has 0 saturated heterocycles. The third kappa shape index (κ3) is 1.81. The molecule has 94 valence electrons. The van der Waals surface area contributed by atoms with Crippen molar-refractivity contribution in [3.63, 3.8) is 0 Å². The van der Waals surface area contributed by atoms with Gasteiger partial charge in [0.25, 0.3) is 0 Å². The lowest BCUT2D eigenvalue weighted by Gasteiger charge is -2.09. The summed E-state index contributed by atoms with van der Waals surface area (Å²) in [5.41, 5.74) is 3.71. The van der Waals surface area contributed by atoms with Crippen molar-refractivity contribution in [1.82, 2.24) is 4.98 Å². The molecule has 0 radical (unpaired) electrons. The van der Waals surface area contributed by atoms with Gasteiger partial charge in [-0.05, 0) is 30.7 Å². The maximum absolute atomic E-state index is 11.7. The number of hydrogen-bond donors (Lipinski definition) is 0. The molecule has 0 bridgehead atoms. The molecule has 0 spiro atoms. The smallest absolute Gasteiger partial charge is 0.231 e. The molecule has 1 aliphatic rings. The molecule has 0 N–H and O–H groups in total. The number of rotatable bonds is 1. The fourth-order valence-electron chi connectivity index (χ4n) is 2.23. The van der Waals surface area contributed by atoms with Crippen molar-refractivity contribution in [3.8, 4) is 16.6 Å². The summed E-state index contributed by atoms with van der Waals surface area (Å²) in [6.45, 7) is 1.84. The third-order valence-electron chi connectivity index (χ3n) is 3.30. The number of fused-ring (bicyclic) bond motifs is 1. The average molecular weight is 269 g/mol. The Morgan fingerprint density at radius 1 is 1.47 bits per heavy atom. The minimum Gasteiger partial charge on any atom is -0.315 e. The first-order chi connectivity index (χ1) is 9.10. The number of aromatic nitrogens is 1. The second-order valence-electron chi connectivity index (χ2n) is 4.52. The fourth-order valence-corrected chi connectivity index (χ4v) is 3.09. The van der Waals surface area contributed by atoms with E-state index in [9.17, 15) is 4.79 Å². The Kier molecular flexibility index (Phi) is 2.61. The molecule has 2 heterocycles. The van der Waals surface area contributed by atoms with Gasteiger partial charge in [0.15, 0.2) is 0 Å². The number of nitriles is 1. The zero-order valence-corrected chi connectivity index (χ0v) is 11.4. The number of amides is 1. The van der Waals surface area contributed by atoms with Crippen molar-refractivity contribution in [1.29, 1.82) is 5.26 Å². The van der Waals surface area contributed by atoms with Gasteiger partial charge < -0.3 is 4.90 Å². The van der Waals surface area contributed by atoms with Crippen LogP contribution in [0.15, 0.2) is 18.2 Å². The Hall–Kier alpha value is -2.19. The van der Waals surface area contributed by atoms with E-state index in [1.807, 2.05) is 25.1 Å². The highest BCUT2D eigenvalue weighted by atomic mass is 32.1. The maximum Gasteiger partial charge on any atom is 0.231 e. The molecule has 19 heavy (non-hydrogen) atoms. The summed E-state index contributed by atoms with van der Waals surface area (Å²) < 4.78 is 0. The van der Waals surface area contributed by atoms with Crippen LogP contribution in [-0.4, -0.2) is 17.9 Å². The number of nitrogens with zero attached hydrogens (tertiary/aromatic N) is 3. The van der Waals surface area contributed by atoms with E-state index in [1.165, 1.54) is 11.3 Å². The Morgan fingerprint density at radius 2 is 2.26 bits per heavy atom. The number of aryl methyl sites for hydroxylation is 1. The summed E-state index contributed by atoms with van der Waals surface area (Å²) >= 11 is 1.39. The van der Waals surface area contributed by atoms with Crippen LogP contribution >= 0.6 is 11.3 Å². The van der Waals surface area contributed by atoms with Crippen LogP contribution in [0.2, 0.25) is 0 Å². The third-order valence-corrected chi connectivity index (χ3v) is 4.41. The zero-order valence-electron chi connectivity index (χ0n) is 10.6. The number of hydrogen-bond acceptors (Lipinski definition) is 4. The first-order valence-electron chi connectivity index (χ1n) is 5.87. The Morgan fingerprint density at radius 3 is 2.95 bits per heavy atom. The first-order valence-corrected chi connectivity index (χ1v) is 6.69. The highest BCUT2D eigenvalue weighted by molar-refractivity contribution is 7.15. The minimum atomic E-state index is 0.111. The minimum absolute atomic E-state index is 0.111. The van der Waals surface area contributed by atoms with E-state index in [0.29, 0.717) is 11.3 Å². The van der Waals surface area contributed by atoms with Crippen molar-refractivity contribution < 1.29 is 4.79 Å². The van der Waals surface area contributed by atoms with Crippen LogP contribution < -0.4 is 4.90 Å². The van der Waals surface area contributed by atoms with Crippen LogP contribution in [0.4, 0.5) is 5.69 Å². The molecule has 0 saturated carbocycles. The van der Waals surface area contributed by atoms with Crippen LogP contribution in [0.3, 0.4) is 0 Å². The molecule has 1 aliphatic heterocycles. The van der Waals surface area contributed by atoms with Crippen LogP contribution in [0.5, 0.6) is 0 Å². The number of likely N-dealkylation sites (N-methyl/N-ethyl adjacent to an activating group) is 1. The largest absolute Gasteiger partial charge is 0.315 e. The highest BCUT2D eigenvalue weighted by Crippen LogP contribution is 2.34. The fraction of sp³-hybridized carbons (Fsp3) is 0.214. The number of thiazole rings is 1. The van der Waals surface area contributed by atoms with Gasteiger partial charge in [-0.1, -0.05) is 0 Å². The predicted octanol–water partition coefficient (Wildman–Crippen LogP) is 2.51. The summed E-state index contributed by atoms with van der Waals surface area (Å²) in [6, 6.07) is 8.04. The van der Waals surface area contributed by atoms with E-state index >= 15 is 0 Å². The average Bonchev–Trinajstić information content (AvgIpc) is 2.91. The van der Waals surface area contributed by atoms with Crippen LogP contribution in [-0.2, 0) is 11.2 Å². The van der Waals surface area contributed by atoms with E-state index in [-0.39, 0.29) is 5.91 Å². The van der Waals surface area contributed by atoms with E-state index in [1.54, 1.807) is 11.9 Å². The second-order valence-corrected chi connectivity index (χ2v) is 5.52. The van der Waals surface area contributed by atoms with E-state index in [0.717, 1.165) is 27.5 Å². The zero-order chi connectivity index (χ0) is 13.6. The molecule has 0 unspecified atom stereocenters. The SMILES string of the molecule is Cc1nc(-c2ccc3c(c2)CC(=O)N3C)sc1C#N. The van der Waals surface area contributed by atoms with Gasteiger partial charge in [-0.15, -0.1) is 11.3 Å². The Labute approximate surface area is 114 Å². The molecule has 1 amide bonds.